The third kappa shape index (κ3) is 3.36. The van der Waals surface area contributed by atoms with Crippen LogP contribution in [0.1, 0.15) is 0 Å². The second-order valence-electron chi connectivity index (χ2n) is 5.76. The average Bonchev–Trinajstić information content (AvgIpc) is 2.66. The summed E-state index contributed by atoms with van der Waals surface area (Å²) in [6, 6.07) is 8.68. The van der Waals surface area contributed by atoms with Crippen LogP contribution < -0.4 is 9.64 Å². The van der Waals surface area contributed by atoms with Gasteiger partial charge in [0.05, 0.1) is 7.11 Å². The molecule has 0 radical (unpaired) electrons. The summed E-state index contributed by atoms with van der Waals surface area (Å²) in [5.41, 5.74) is 0.904. The number of sulfonamides is 1. The van der Waals surface area contributed by atoms with Crippen LogP contribution in [-0.4, -0.2) is 46.0 Å². The van der Waals surface area contributed by atoms with Crippen molar-refractivity contribution in [3.05, 3.63) is 53.8 Å². The quantitative estimate of drug-likeness (QED) is 0.758. The van der Waals surface area contributed by atoms with E-state index in [0.29, 0.717) is 24.9 Å². The Morgan fingerprint density at radius 1 is 0.885 bits per heavy atom. The first kappa shape index (κ1) is 18.5. The number of rotatable bonds is 4. The molecular formula is C17H17F3N2O3S. The number of hydrogen-bond acceptors (Lipinski definition) is 4. The number of anilines is 1. The number of ether oxygens (including phenoxy) is 1. The average molecular weight is 386 g/mol. The van der Waals surface area contributed by atoms with Crippen molar-refractivity contribution < 1.29 is 26.3 Å². The molecule has 0 spiro atoms. The smallest absolute Gasteiger partial charge is 0.246 e. The Morgan fingerprint density at radius 3 is 2.08 bits per heavy atom. The van der Waals surface area contributed by atoms with Gasteiger partial charge >= 0.3 is 0 Å². The van der Waals surface area contributed by atoms with Gasteiger partial charge in [-0.25, -0.2) is 21.6 Å². The minimum absolute atomic E-state index is 0.104. The number of benzene rings is 2. The van der Waals surface area contributed by atoms with Crippen molar-refractivity contribution in [2.75, 3.05) is 38.2 Å². The lowest BCUT2D eigenvalue weighted by molar-refractivity contribution is 0.377. The summed E-state index contributed by atoms with van der Waals surface area (Å²) in [6.45, 7) is 0.979. The molecular weight excluding hydrogens is 369 g/mol. The summed E-state index contributed by atoms with van der Waals surface area (Å²) in [5.74, 6) is -4.19. The second-order valence-corrected chi connectivity index (χ2v) is 7.67. The second kappa shape index (κ2) is 7.16. The van der Waals surface area contributed by atoms with E-state index in [-0.39, 0.29) is 13.1 Å². The van der Waals surface area contributed by atoms with Gasteiger partial charge in [0.25, 0.3) is 0 Å². The van der Waals surface area contributed by atoms with Crippen molar-refractivity contribution in [1.29, 1.82) is 0 Å². The van der Waals surface area contributed by atoms with Gasteiger partial charge in [-0.2, -0.15) is 4.31 Å². The monoisotopic (exact) mass is 386 g/mol. The molecule has 26 heavy (non-hydrogen) atoms. The lowest BCUT2D eigenvalue weighted by Gasteiger charge is -2.35. The molecule has 2 aromatic rings. The molecule has 0 aliphatic carbocycles. The van der Waals surface area contributed by atoms with E-state index < -0.39 is 32.4 Å². The van der Waals surface area contributed by atoms with Crippen LogP contribution in [0, 0.1) is 17.5 Å². The lowest BCUT2D eigenvalue weighted by atomic mass is 10.2. The zero-order chi connectivity index (χ0) is 18.9. The van der Waals surface area contributed by atoms with Crippen molar-refractivity contribution in [1.82, 2.24) is 4.31 Å². The fourth-order valence-electron chi connectivity index (χ4n) is 2.83. The molecule has 0 bridgehead atoms. The van der Waals surface area contributed by atoms with E-state index >= 15 is 0 Å². The molecule has 0 amide bonds. The molecule has 1 fully saturated rings. The van der Waals surface area contributed by atoms with Gasteiger partial charge in [0.1, 0.15) is 10.6 Å². The van der Waals surface area contributed by atoms with Crippen LogP contribution in [-0.2, 0) is 10.0 Å². The SMILES string of the molecule is COc1ccc(N2CCN(S(=O)(=O)c3ccc(F)c(F)c3F)CC2)cc1. The molecule has 0 N–H and O–H groups in total. The highest BCUT2D eigenvalue weighted by atomic mass is 32.2. The first-order valence-corrected chi connectivity index (χ1v) is 9.31. The zero-order valence-corrected chi connectivity index (χ0v) is 14.8. The minimum atomic E-state index is -4.24. The summed E-state index contributed by atoms with van der Waals surface area (Å²) in [6.07, 6.45) is 0. The fraction of sp³-hybridized carbons (Fsp3) is 0.294. The summed E-state index contributed by atoms with van der Waals surface area (Å²) >= 11 is 0. The third-order valence-electron chi connectivity index (χ3n) is 4.29. The van der Waals surface area contributed by atoms with Gasteiger partial charge in [0.15, 0.2) is 17.5 Å². The Morgan fingerprint density at radius 2 is 1.50 bits per heavy atom. The summed E-state index contributed by atoms with van der Waals surface area (Å²) < 4.78 is 71.6. The number of nitrogens with zero attached hydrogens (tertiary/aromatic N) is 2. The van der Waals surface area contributed by atoms with Gasteiger partial charge in [-0.1, -0.05) is 0 Å². The van der Waals surface area contributed by atoms with E-state index in [0.717, 1.165) is 16.1 Å². The Bertz CT molecular complexity index is 896. The van der Waals surface area contributed by atoms with Crippen LogP contribution in [0.4, 0.5) is 18.9 Å². The molecule has 140 valence electrons. The first-order chi connectivity index (χ1) is 12.3. The zero-order valence-electron chi connectivity index (χ0n) is 14.0. The Hall–Kier alpha value is -2.26. The van der Waals surface area contributed by atoms with E-state index in [1.54, 1.807) is 19.2 Å². The Labute approximate surface area is 149 Å². The predicted molar refractivity (Wildman–Crippen MR) is 90.3 cm³/mol. The van der Waals surface area contributed by atoms with Crippen LogP contribution in [0.5, 0.6) is 5.75 Å². The van der Waals surface area contributed by atoms with Crippen molar-refractivity contribution >= 4 is 15.7 Å². The maximum atomic E-state index is 13.9. The highest BCUT2D eigenvalue weighted by Gasteiger charge is 2.32. The van der Waals surface area contributed by atoms with Crippen molar-refractivity contribution in [3.8, 4) is 5.75 Å². The number of halogens is 3. The van der Waals surface area contributed by atoms with Gasteiger partial charge in [-0.05, 0) is 36.4 Å². The molecule has 3 rings (SSSR count). The van der Waals surface area contributed by atoms with E-state index in [4.69, 9.17) is 4.74 Å². The molecule has 0 aromatic heterocycles. The number of hydrogen-bond donors (Lipinski definition) is 0. The molecule has 0 unspecified atom stereocenters. The van der Waals surface area contributed by atoms with Crippen LogP contribution in [0.3, 0.4) is 0 Å². The normalized spacial score (nSPS) is 15.9. The first-order valence-electron chi connectivity index (χ1n) is 7.87. The third-order valence-corrected chi connectivity index (χ3v) is 6.21. The summed E-state index contributed by atoms with van der Waals surface area (Å²) in [5, 5.41) is 0. The molecule has 1 aliphatic heterocycles. The van der Waals surface area contributed by atoms with E-state index in [1.165, 1.54) is 0 Å². The van der Waals surface area contributed by atoms with Gasteiger partial charge in [0.2, 0.25) is 10.0 Å². The topological polar surface area (TPSA) is 49.9 Å². The van der Waals surface area contributed by atoms with Crippen molar-refractivity contribution in [2.24, 2.45) is 0 Å². The van der Waals surface area contributed by atoms with Gasteiger partial charge in [0, 0.05) is 31.9 Å². The lowest BCUT2D eigenvalue weighted by Crippen LogP contribution is -2.48. The van der Waals surface area contributed by atoms with Gasteiger partial charge < -0.3 is 9.64 Å². The van der Waals surface area contributed by atoms with Crippen molar-refractivity contribution in [2.45, 2.75) is 4.90 Å². The van der Waals surface area contributed by atoms with Crippen LogP contribution >= 0.6 is 0 Å². The predicted octanol–water partition coefficient (Wildman–Crippen LogP) is 2.62. The van der Waals surface area contributed by atoms with Crippen LogP contribution in [0.15, 0.2) is 41.3 Å². The molecule has 1 saturated heterocycles. The molecule has 0 atom stereocenters. The summed E-state index contributed by atoms with van der Waals surface area (Å²) in [4.78, 5) is 1.13. The van der Waals surface area contributed by atoms with Crippen LogP contribution in [0.2, 0.25) is 0 Å². The van der Waals surface area contributed by atoms with E-state index in [2.05, 4.69) is 0 Å². The highest BCUT2D eigenvalue weighted by Crippen LogP contribution is 2.26. The highest BCUT2D eigenvalue weighted by molar-refractivity contribution is 7.89. The van der Waals surface area contributed by atoms with Gasteiger partial charge in [-0.15, -0.1) is 0 Å². The standard InChI is InChI=1S/C17H17F3N2O3S/c1-25-13-4-2-12(3-5-13)21-8-10-22(11-9-21)26(23,24)15-7-6-14(18)16(19)17(15)20/h2-7H,8-11H2,1H3. The van der Waals surface area contributed by atoms with Crippen molar-refractivity contribution in [3.63, 3.8) is 0 Å². The molecule has 5 nitrogen and oxygen atoms in total. The van der Waals surface area contributed by atoms with E-state index in [9.17, 15) is 21.6 Å². The summed E-state index contributed by atoms with van der Waals surface area (Å²) in [7, 11) is -2.68. The van der Waals surface area contributed by atoms with E-state index in [1.807, 2.05) is 17.0 Å². The number of methoxy groups -OCH3 is 1. The molecule has 1 heterocycles. The largest absolute Gasteiger partial charge is 0.497 e. The molecule has 1 aliphatic rings. The Kier molecular flexibility index (Phi) is 5.10. The molecule has 0 saturated carbocycles. The fourth-order valence-corrected chi connectivity index (χ4v) is 4.30. The maximum Gasteiger partial charge on any atom is 0.246 e. The number of piperazine rings is 1. The minimum Gasteiger partial charge on any atom is -0.497 e. The molecule has 2 aromatic carbocycles. The van der Waals surface area contributed by atoms with Gasteiger partial charge in [-0.3, -0.25) is 0 Å². The Balaban J connectivity index is 1.75. The van der Waals surface area contributed by atoms with Crippen LogP contribution in [0.25, 0.3) is 0 Å². The molecule has 9 heteroatoms. The maximum absolute atomic E-state index is 13.9.